The van der Waals surface area contributed by atoms with Crippen molar-refractivity contribution >= 4 is 27.9 Å². The molecule has 0 bridgehead atoms. The summed E-state index contributed by atoms with van der Waals surface area (Å²) in [7, 11) is 3.13. The third-order valence-corrected chi connectivity index (χ3v) is 5.83. The number of aryl methyl sites for hydroxylation is 1. The number of hydrogen-bond acceptors (Lipinski definition) is 6. The first-order valence-corrected chi connectivity index (χ1v) is 10.6. The van der Waals surface area contributed by atoms with Gasteiger partial charge in [0.15, 0.2) is 4.96 Å². The Bertz CT molecular complexity index is 1310. The van der Waals surface area contributed by atoms with Gasteiger partial charge < -0.3 is 14.8 Å². The maximum atomic E-state index is 13.3. The van der Waals surface area contributed by atoms with Crippen molar-refractivity contribution in [3.8, 4) is 22.8 Å². The molecule has 0 saturated heterocycles. The van der Waals surface area contributed by atoms with Crippen LogP contribution in [-0.4, -0.2) is 29.5 Å². The second-order valence-electron chi connectivity index (χ2n) is 6.79. The molecule has 0 saturated carbocycles. The number of benzene rings is 2. The lowest BCUT2D eigenvalue weighted by molar-refractivity contribution is 0.102. The number of nitrogens with zero attached hydrogens (tertiary/aromatic N) is 2. The van der Waals surface area contributed by atoms with E-state index in [0.717, 1.165) is 12.0 Å². The standard InChI is InChI=1S/C23H21N3O4S/c1-4-14-5-7-15(8-6-14)25-21(27)18-12-24-23-26(22(18)28)19(13-31-23)17-11-16(29-2)9-10-20(17)30-3/h5-13H,4H2,1-3H3,(H,25,27). The number of rotatable bonds is 6. The third-order valence-electron chi connectivity index (χ3n) is 4.99. The predicted molar refractivity (Wildman–Crippen MR) is 122 cm³/mol. The zero-order valence-corrected chi connectivity index (χ0v) is 18.2. The first-order chi connectivity index (χ1) is 15.0. The number of amides is 1. The van der Waals surface area contributed by atoms with Crippen LogP contribution in [0.25, 0.3) is 16.2 Å². The summed E-state index contributed by atoms with van der Waals surface area (Å²) in [5.41, 5.74) is 2.54. The predicted octanol–water partition coefficient (Wildman–Crippen LogP) is 4.25. The van der Waals surface area contributed by atoms with Gasteiger partial charge >= 0.3 is 0 Å². The highest BCUT2D eigenvalue weighted by Gasteiger charge is 2.19. The van der Waals surface area contributed by atoms with E-state index >= 15 is 0 Å². The van der Waals surface area contributed by atoms with Crippen molar-refractivity contribution in [3.05, 3.63) is 75.5 Å². The maximum Gasteiger partial charge on any atom is 0.271 e. The first-order valence-electron chi connectivity index (χ1n) is 9.67. The van der Waals surface area contributed by atoms with Gasteiger partial charge in [0.05, 0.1) is 19.9 Å². The number of hydrogen-bond donors (Lipinski definition) is 1. The van der Waals surface area contributed by atoms with Crippen molar-refractivity contribution in [2.75, 3.05) is 19.5 Å². The van der Waals surface area contributed by atoms with Crippen LogP contribution in [0, 0.1) is 0 Å². The quantitative estimate of drug-likeness (QED) is 0.490. The van der Waals surface area contributed by atoms with E-state index in [9.17, 15) is 9.59 Å². The second-order valence-corrected chi connectivity index (χ2v) is 7.62. The van der Waals surface area contributed by atoms with Gasteiger partial charge in [0.2, 0.25) is 0 Å². The van der Waals surface area contributed by atoms with Crippen LogP contribution in [0.2, 0.25) is 0 Å². The van der Waals surface area contributed by atoms with Gasteiger partial charge in [-0.2, -0.15) is 0 Å². The molecule has 4 aromatic rings. The monoisotopic (exact) mass is 435 g/mol. The van der Waals surface area contributed by atoms with Crippen molar-refractivity contribution in [2.45, 2.75) is 13.3 Å². The third kappa shape index (κ3) is 3.89. The molecule has 2 aromatic heterocycles. The smallest absolute Gasteiger partial charge is 0.271 e. The van der Waals surface area contributed by atoms with Gasteiger partial charge in [0, 0.05) is 22.8 Å². The SMILES string of the molecule is CCc1ccc(NC(=O)c2cnc3scc(-c4cc(OC)ccc4OC)n3c2=O)cc1. The van der Waals surface area contributed by atoms with E-state index in [2.05, 4.69) is 17.2 Å². The van der Waals surface area contributed by atoms with Gasteiger partial charge in [-0.1, -0.05) is 19.1 Å². The number of ether oxygens (including phenoxy) is 2. The van der Waals surface area contributed by atoms with E-state index in [4.69, 9.17) is 9.47 Å². The van der Waals surface area contributed by atoms with Crippen LogP contribution in [0.1, 0.15) is 22.8 Å². The highest BCUT2D eigenvalue weighted by atomic mass is 32.1. The number of thiazole rings is 1. The van der Waals surface area contributed by atoms with Gasteiger partial charge in [0.1, 0.15) is 17.1 Å². The lowest BCUT2D eigenvalue weighted by Crippen LogP contribution is -2.26. The molecule has 4 rings (SSSR count). The molecular weight excluding hydrogens is 414 g/mol. The number of methoxy groups -OCH3 is 2. The normalized spacial score (nSPS) is 10.8. The number of carbonyl (C=O) groups is 1. The van der Waals surface area contributed by atoms with Crippen LogP contribution in [-0.2, 0) is 6.42 Å². The number of carbonyl (C=O) groups excluding carboxylic acids is 1. The molecule has 0 aliphatic heterocycles. The number of aromatic nitrogens is 2. The number of nitrogens with one attached hydrogen (secondary N) is 1. The van der Waals surface area contributed by atoms with E-state index in [1.807, 2.05) is 29.6 Å². The minimum atomic E-state index is -0.508. The Labute approximate surface area is 182 Å². The van der Waals surface area contributed by atoms with Crippen molar-refractivity contribution in [1.29, 1.82) is 0 Å². The van der Waals surface area contributed by atoms with Gasteiger partial charge in [-0.25, -0.2) is 4.98 Å². The number of anilines is 1. The first kappa shape index (κ1) is 20.6. The highest BCUT2D eigenvalue weighted by Crippen LogP contribution is 2.35. The Balaban J connectivity index is 1.77. The molecule has 0 fully saturated rings. The maximum absolute atomic E-state index is 13.3. The van der Waals surface area contributed by atoms with Crippen LogP contribution in [0.4, 0.5) is 5.69 Å². The molecular formula is C23H21N3O4S. The average Bonchev–Trinajstić information content (AvgIpc) is 3.24. The van der Waals surface area contributed by atoms with Crippen LogP contribution in [0.5, 0.6) is 11.5 Å². The van der Waals surface area contributed by atoms with Gasteiger partial charge in [0.25, 0.3) is 11.5 Å². The molecule has 1 N–H and O–H groups in total. The summed E-state index contributed by atoms with van der Waals surface area (Å²) in [6.07, 6.45) is 2.22. The van der Waals surface area contributed by atoms with Crippen LogP contribution < -0.4 is 20.3 Å². The van der Waals surface area contributed by atoms with Crippen molar-refractivity contribution in [3.63, 3.8) is 0 Å². The molecule has 0 spiro atoms. The van der Waals surface area contributed by atoms with Crippen molar-refractivity contribution < 1.29 is 14.3 Å². The van der Waals surface area contributed by atoms with Gasteiger partial charge in [-0.15, -0.1) is 11.3 Å². The Kier molecular flexibility index (Phi) is 5.73. The zero-order valence-electron chi connectivity index (χ0n) is 17.3. The molecule has 0 aliphatic rings. The molecule has 31 heavy (non-hydrogen) atoms. The Morgan fingerprint density at radius 2 is 1.90 bits per heavy atom. The average molecular weight is 436 g/mol. The van der Waals surface area contributed by atoms with Crippen molar-refractivity contribution in [1.82, 2.24) is 9.38 Å². The van der Waals surface area contributed by atoms with Crippen LogP contribution in [0.15, 0.2) is 58.8 Å². The fourth-order valence-electron chi connectivity index (χ4n) is 3.27. The summed E-state index contributed by atoms with van der Waals surface area (Å²) >= 11 is 1.31. The Hall–Kier alpha value is -3.65. The van der Waals surface area contributed by atoms with Crippen LogP contribution >= 0.6 is 11.3 Å². The number of fused-ring (bicyclic) bond motifs is 1. The van der Waals surface area contributed by atoms with E-state index in [1.54, 1.807) is 32.4 Å². The van der Waals surface area contributed by atoms with E-state index in [1.165, 1.54) is 21.9 Å². The highest BCUT2D eigenvalue weighted by molar-refractivity contribution is 7.15. The van der Waals surface area contributed by atoms with E-state index in [-0.39, 0.29) is 5.56 Å². The fourth-order valence-corrected chi connectivity index (χ4v) is 4.12. The molecule has 0 unspecified atom stereocenters. The zero-order chi connectivity index (χ0) is 22.0. The summed E-state index contributed by atoms with van der Waals surface area (Å²) < 4.78 is 12.2. The second kappa shape index (κ2) is 8.61. The molecule has 0 aliphatic carbocycles. The Morgan fingerprint density at radius 1 is 1.13 bits per heavy atom. The molecule has 2 aromatic carbocycles. The van der Waals surface area contributed by atoms with Gasteiger partial charge in [-0.05, 0) is 42.3 Å². The van der Waals surface area contributed by atoms with E-state index in [0.29, 0.717) is 33.4 Å². The summed E-state index contributed by atoms with van der Waals surface area (Å²) in [6.45, 7) is 2.06. The molecule has 0 atom stereocenters. The minimum absolute atomic E-state index is 0.0430. The largest absolute Gasteiger partial charge is 0.497 e. The topological polar surface area (TPSA) is 81.9 Å². The lowest BCUT2D eigenvalue weighted by atomic mass is 10.1. The molecule has 1 amide bonds. The minimum Gasteiger partial charge on any atom is -0.497 e. The summed E-state index contributed by atoms with van der Waals surface area (Å²) in [5.74, 6) is 0.699. The molecule has 158 valence electrons. The van der Waals surface area contributed by atoms with Crippen LogP contribution in [0.3, 0.4) is 0 Å². The molecule has 2 heterocycles. The molecule has 0 radical (unpaired) electrons. The summed E-state index contributed by atoms with van der Waals surface area (Å²) in [4.78, 5) is 30.9. The molecule has 8 heteroatoms. The van der Waals surface area contributed by atoms with Gasteiger partial charge in [-0.3, -0.25) is 14.0 Å². The summed E-state index contributed by atoms with van der Waals surface area (Å²) in [5, 5.41) is 4.59. The van der Waals surface area contributed by atoms with Crippen molar-refractivity contribution in [2.24, 2.45) is 0 Å². The molecule has 7 nitrogen and oxygen atoms in total. The van der Waals surface area contributed by atoms with E-state index < -0.39 is 11.5 Å². The fraction of sp³-hybridized carbons (Fsp3) is 0.174. The lowest BCUT2D eigenvalue weighted by Gasteiger charge is -2.11. The summed E-state index contributed by atoms with van der Waals surface area (Å²) in [6, 6.07) is 12.9. The Morgan fingerprint density at radius 3 is 2.58 bits per heavy atom.